The molecule has 8 heteroatoms. The molecule has 0 rings (SSSR count). The second kappa shape index (κ2) is 29.5. The normalized spacial score (nSPS) is 13.2. The van der Waals surface area contributed by atoms with Crippen molar-refractivity contribution >= 4 is 17.9 Å². The predicted molar refractivity (Wildman–Crippen MR) is 183 cm³/mol. The van der Waals surface area contributed by atoms with Gasteiger partial charge < -0.3 is 23.8 Å². The average Bonchev–Trinajstić information content (AvgIpc) is 2.98. The monoisotopic (exact) mass is 641 g/mol. The molecular formula is C37H70NO7+. The molecular weight excluding hydrogens is 570 g/mol. The van der Waals surface area contributed by atoms with E-state index < -0.39 is 18.1 Å². The average molecular weight is 641 g/mol. The molecule has 45 heavy (non-hydrogen) atoms. The number of allylic oxidation sites excluding steroid dienone is 2. The summed E-state index contributed by atoms with van der Waals surface area (Å²) in [6.45, 7) is 4.67. The number of quaternary nitrogens is 1. The van der Waals surface area contributed by atoms with Gasteiger partial charge in [0.1, 0.15) is 6.61 Å². The quantitative estimate of drug-likeness (QED) is 0.0339. The zero-order valence-corrected chi connectivity index (χ0v) is 29.8. The molecule has 0 fully saturated rings. The lowest BCUT2D eigenvalue weighted by Gasteiger charge is -2.31. The number of aliphatic carboxylic acids is 1. The van der Waals surface area contributed by atoms with Crippen LogP contribution in [0.15, 0.2) is 12.2 Å². The second-order valence-corrected chi connectivity index (χ2v) is 13.5. The van der Waals surface area contributed by atoms with Gasteiger partial charge in [-0.2, -0.15) is 0 Å². The SMILES string of the molecule is CCCCC/C=C/CCCCCCCC(=O)OCC(COCCC(C(=O)O)[N+](C)(C)C)OC(=O)CCCCCCCCCCC. The van der Waals surface area contributed by atoms with E-state index in [1.54, 1.807) is 0 Å². The van der Waals surface area contributed by atoms with Gasteiger partial charge in [0.25, 0.3) is 0 Å². The maximum Gasteiger partial charge on any atom is 0.362 e. The van der Waals surface area contributed by atoms with Crippen molar-refractivity contribution < 1.29 is 38.2 Å². The molecule has 0 amide bonds. The van der Waals surface area contributed by atoms with Gasteiger partial charge in [-0.3, -0.25) is 9.59 Å². The molecule has 0 aliphatic rings. The highest BCUT2D eigenvalue weighted by atomic mass is 16.6. The Morgan fingerprint density at radius 1 is 0.644 bits per heavy atom. The molecule has 0 aliphatic carbocycles. The lowest BCUT2D eigenvalue weighted by Crippen LogP contribution is -2.50. The van der Waals surface area contributed by atoms with Crippen molar-refractivity contribution in [3.63, 3.8) is 0 Å². The van der Waals surface area contributed by atoms with E-state index in [0.29, 0.717) is 19.3 Å². The van der Waals surface area contributed by atoms with E-state index in [0.717, 1.165) is 44.9 Å². The Labute approximate surface area is 276 Å². The molecule has 0 aliphatic heterocycles. The van der Waals surface area contributed by atoms with Crippen LogP contribution >= 0.6 is 0 Å². The molecule has 1 N–H and O–H groups in total. The minimum Gasteiger partial charge on any atom is -0.477 e. The Hall–Kier alpha value is -1.93. The summed E-state index contributed by atoms with van der Waals surface area (Å²) in [4.78, 5) is 36.6. The van der Waals surface area contributed by atoms with Gasteiger partial charge in [-0.25, -0.2) is 4.79 Å². The van der Waals surface area contributed by atoms with E-state index >= 15 is 0 Å². The number of carbonyl (C=O) groups is 3. The maximum absolute atomic E-state index is 12.6. The van der Waals surface area contributed by atoms with Crippen molar-refractivity contribution in [1.29, 1.82) is 0 Å². The van der Waals surface area contributed by atoms with Crippen molar-refractivity contribution in [1.82, 2.24) is 0 Å². The first kappa shape index (κ1) is 43.1. The minimum absolute atomic E-state index is 0.0510. The molecule has 0 aromatic rings. The number of nitrogens with zero attached hydrogens (tertiary/aromatic N) is 1. The standard InChI is InChI=1S/C37H69NO7/c1-6-8-10-12-14-16-17-18-20-21-23-25-27-35(39)44-32-33(31-43-30-29-34(37(41)42)38(3,4)5)45-36(40)28-26-24-22-19-15-13-11-9-7-2/h14,16,33-34H,6-13,15,17-32H2,1-5H3/p+1/b16-14+. The molecule has 0 spiro atoms. The number of carboxylic acids is 1. The molecule has 0 saturated heterocycles. The third-order valence-electron chi connectivity index (χ3n) is 8.16. The molecule has 8 nitrogen and oxygen atoms in total. The van der Waals surface area contributed by atoms with Gasteiger partial charge in [-0.15, -0.1) is 0 Å². The van der Waals surface area contributed by atoms with E-state index in [2.05, 4.69) is 26.0 Å². The summed E-state index contributed by atoms with van der Waals surface area (Å²) in [6.07, 6.45) is 26.8. The number of likely N-dealkylation sites (N-methyl/N-ethyl adjacent to an activating group) is 1. The zero-order chi connectivity index (χ0) is 33.6. The molecule has 0 saturated carbocycles. The largest absolute Gasteiger partial charge is 0.477 e. The molecule has 0 aromatic heterocycles. The van der Waals surface area contributed by atoms with E-state index in [4.69, 9.17) is 14.2 Å². The fraction of sp³-hybridized carbons (Fsp3) is 0.865. The van der Waals surface area contributed by atoms with Crippen molar-refractivity contribution in [3.05, 3.63) is 12.2 Å². The van der Waals surface area contributed by atoms with Gasteiger partial charge in [0, 0.05) is 19.3 Å². The summed E-state index contributed by atoms with van der Waals surface area (Å²) in [7, 11) is 5.51. The van der Waals surface area contributed by atoms with Gasteiger partial charge in [-0.1, -0.05) is 109 Å². The van der Waals surface area contributed by atoms with E-state index in [1.165, 1.54) is 77.0 Å². The van der Waals surface area contributed by atoms with Crippen LogP contribution in [0.4, 0.5) is 0 Å². The van der Waals surface area contributed by atoms with Crippen LogP contribution in [0.5, 0.6) is 0 Å². The number of esters is 2. The van der Waals surface area contributed by atoms with Gasteiger partial charge in [0.15, 0.2) is 12.1 Å². The Morgan fingerprint density at radius 3 is 1.64 bits per heavy atom. The highest BCUT2D eigenvalue weighted by molar-refractivity contribution is 5.72. The van der Waals surface area contributed by atoms with Gasteiger partial charge in [0.2, 0.25) is 0 Å². The summed E-state index contributed by atoms with van der Waals surface area (Å²) >= 11 is 0. The number of hydrogen-bond acceptors (Lipinski definition) is 6. The van der Waals surface area contributed by atoms with Crippen LogP contribution in [0.3, 0.4) is 0 Å². The number of hydrogen-bond donors (Lipinski definition) is 1. The Bertz CT molecular complexity index is 762. The smallest absolute Gasteiger partial charge is 0.362 e. The van der Waals surface area contributed by atoms with Gasteiger partial charge >= 0.3 is 17.9 Å². The first-order valence-electron chi connectivity index (χ1n) is 18.2. The van der Waals surface area contributed by atoms with Crippen molar-refractivity contribution in [3.8, 4) is 0 Å². The number of rotatable bonds is 32. The summed E-state index contributed by atoms with van der Waals surface area (Å²) in [6, 6.07) is -0.609. The minimum atomic E-state index is -0.876. The van der Waals surface area contributed by atoms with Gasteiger partial charge in [-0.05, 0) is 38.5 Å². The van der Waals surface area contributed by atoms with Crippen LogP contribution in [0.1, 0.15) is 155 Å². The lowest BCUT2D eigenvalue weighted by molar-refractivity contribution is -0.887. The lowest BCUT2D eigenvalue weighted by atomic mass is 10.1. The number of ether oxygens (including phenoxy) is 3. The summed E-state index contributed by atoms with van der Waals surface area (Å²) in [5.41, 5.74) is 0. The fourth-order valence-electron chi connectivity index (χ4n) is 5.26. The molecule has 0 radical (unpaired) electrons. The first-order valence-corrected chi connectivity index (χ1v) is 18.2. The van der Waals surface area contributed by atoms with E-state index in [1.807, 2.05) is 21.1 Å². The third kappa shape index (κ3) is 28.1. The summed E-state index contributed by atoms with van der Waals surface area (Å²) in [5, 5.41) is 9.55. The highest BCUT2D eigenvalue weighted by Gasteiger charge is 2.31. The van der Waals surface area contributed by atoms with Crippen LogP contribution < -0.4 is 0 Å². The Balaban J connectivity index is 4.44. The van der Waals surface area contributed by atoms with Crippen LogP contribution in [0, 0.1) is 0 Å². The van der Waals surface area contributed by atoms with Crippen molar-refractivity contribution in [2.75, 3.05) is 41.0 Å². The molecule has 0 aromatic carbocycles. The van der Waals surface area contributed by atoms with Crippen LogP contribution in [-0.4, -0.2) is 80.6 Å². The number of carbonyl (C=O) groups excluding carboxylic acids is 2. The summed E-state index contributed by atoms with van der Waals surface area (Å²) in [5.74, 6) is -1.48. The van der Waals surface area contributed by atoms with Gasteiger partial charge in [0.05, 0.1) is 34.4 Å². The molecule has 2 unspecified atom stereocenters. The van der Waals surface area contributed by atoms with Crippen LogP contribution in [0.25, 0.3) is 0 Å². The third-order valence-corrected chi connectivity index (χ3v) is 8.16. The molecule has 2 atom stereocenters. The molecule has 264 valence electrons. The Kier molecular flexibility index (Phi) is 28.2. The molecule has 0 bridgehead atoms. The Morgan fingerprint density at radius 2 is 1.11 bits per heavy atom. The predicted octanol–water partition coefficient (Wildman–Crippen LogP) is 8.80. The van der Waals surface area contributed by atoms with Crippen LogP contribution in [-0.2, 0) is 28.6 Å². The number of unbranched alkanes of at least 4 members (excludes halogenated alkanes) is 16. The van der Waals surface area contributed by atoms with E-state index in [-0.39, 0.29) is 36.2 Å². The van der Waals surface area contributed by atoms with Crippen molar-refractivity contribution in [2.45, 2.75) is 167 Å². The highest BCUT2D eigenvalue weighted by Crippen LogP contribution is 2.13. The zero-order valence-electron chi connectivity index (χ0n) is 29.8. The fourth-order valence-corrected chi connectivity index (χ4v) is 5.26. The molecule has 0 heterocycles. The second-order valence-electron chi connectivity index (χ2n) is 13.5. The van der Waals surface area contributed by atoms with E-state index in [9.17, 15) is 19.5 Å². The topological polar surface area (TPSA) is 99.1 Å². The maximum atomic E-state index is 12.6. The summed E-state index contributed by atoms with van der Waals surface area (Å²) < 4.78 is 17.1. The van der Waals surface area contributed by atoms with Crippen molar-refractivity contribution in [2.24, 2.45) is 0 Å². The van der Waals surface area contributed by atoms with Crippen LogP contribution in [0.2, 0.25) is 0 Å². The first-order chi connectivity index (χ1) is 21.6. The number of carboxylic acid groups (broad SMARTS) is 1.